The van der Waals surface area contributed by atoms with Gasteiger partial charge in [-0.2, -0.15) is 4.98 Å². The van der Waals surface area contributed by atoms with Gasteiger partial charge in [-0.1, -0.05) is 6.92 Å². The summed E-state index contributed by atoms with van der Waals surface area (Å²) >= 11 is 0. The summed E-state index contributed by atoms with van der Waals surface area (Å²) in [6.45, 7) is 8.72. The molecule has 0 amide bonds. The molecule has 0 bridgehead atoms. The van der Waals surface area contributed by atoms with Crippen LogP contribution in [0.3, 0.4) is 0 Å². The summed E-state index contributed by atoms with van der Waals surface area (Å²) in [5, 5.41) is 6.40. The van der Waals surface area contributed by atoms with Crippen molar-refractivity contribution in [2.45, 2.75) is 26.9 Å². The van der Waals surface area contributed by atoms with Crippen molar-refractivity contribution in [1.29, 1.82) is 0 Å². The van der Waals surface area contributed by atoms with E-state index in [0.29, 0.717) is 5.88 Å². The first-order valence-electron chi connectivity index (χ1n) is 5.65. The Hall–Kier alpha value is -1.36. The average molecular weight is 224 g/mol. The van der Waals surface area contributed by atoms with Crippen LogP contribution in [0, 0.1) is 0 Å². The molecule has 5 nitrogen and oxygen atoms in total. The Bertz CT molecular complexity index is 304. The molecule has 0 aliphatic carbocycles. The summed E-state index contributed by atoms with van der Waals surface area (Å²) in [7, 11) is 0. The Kier molecular flexibility index (Phi) is 5.56. The van der Waals surface area contributed by atoms with Crippen molar-refractivity contribution in [3.63, 3.8) is 0 Å². The molecular formula is C11H20N4O. The van der Waals surface area contributed by atoms with Crippen LogP contribution in [0.5, 0.6) is 5.88 Å². The molecular weight excluding hydrogens is 204 g/mol. The van der Waals surface area contributed by atoms with Crippen LogP contribution in [0.2, 0.25) is 0 Å². The zero-order valence-corrected chi connectivity index (χ0v) is 10.2. The van der Waals surface area contributed by atoms with Crippen molar-refractivity contribution in [2.75, 3.05) is 25.0 Å². The highest BCUT2D eigenvalue weighted by Crippen LogP contribution is 2.10. The van der Waals surface area contributed by atoms with E-state index in [1.807, 2.05) is 13.8 Å². The summed E-state index contributed by atoms with van der Waals surface area (Å²) in [4.78, 5) is 8.35. The summed E-state index contributed by atoms with van der Waals surface area (Å²) in [5.74, 6) is 1.31. The van der Waals surface area contributed by atoms with Gasteiger partial charge in [-0.15, -0.1) is 0 Å². The Morgan fingerprint density at radius 3 is 2.81 bits per heavy atom. The van der Waals surface area contributed by atoms with Gasteiger partial charge in [0.15, 0.2) is 0 Å². The Morgan fingerprint density at radius 2 is 2.12 bits per heavy atom. The first-order chi connectivity index (χ1) is 7.72. The first-order valence-corrected chi connectivity index (χ1v) is 5.65. The van der Waals surface area contributed by atoms with Gasteiger partial charge in [-0.3, -0.25) is 4.98 Å². The van der Waals surface area contributed by atoms with Gasteiger partial charge in [0.1, 0.15) is 5.82 Å². The van der Waals surface area contributed by atoms with Crippen molar-refractivity contribution in [2.24, 2.45) is 0 Å². The van der Waals surface area contributed by atoms with Gasteiger partial charge in [0, 0.05) is 13.1 Å². The fraction of sp³-hybridized carbons (Fsp3) is 0.636. The maximum absolute atomic E-state index is 5.45. The van der Waals surface area contributed by atoms with Crippen molar-refractivity contribution in [1.82, 2.24) is 15.3 Å². The lowest BCUT2D eigenvalue weighted by Crippen LogP contribution is -2.22. The molecule has 2 N–H and O–H groups in total. The highest BCUT2D eigenvalue weighted by Gasteiger charge is 2.01. The second-order valence-corrected chi connectivity index (χ2v) is 3.69. The van der Waals surface area contributed by atoms with Crippen LogP contribution >= 0.6 is 0 Å². The lowest BCUT2D eigenvalue weighted by atomic mass is 10.5. The SMILES string of the molecule is CCNCCNc1cncc(OC(C)C)n1. The van der Waals surface area contributed by atoms with Gasteiger partial charge >= 0.3 is 0 Å². The zero-order chi connectivity index (χ0) is 11.8. The largest absolute Gasteiger partial charge is 0.474 e. The summed E-state index contributed by atoms with van der Waals surface area (Å²) in [6.07, 6.45) is 3.43. The molecule has 0 aliphatic rings. The standard InChI is InChI=1S/C11H20N4O/c1-4-12-5-6-14-10-7-13-8-11(15-10)16-9(2)3/h7-9,12H,4-6H2,1-3H3,(H,14,15). The van der Waals surface area contributed by atoms with E-state index in [2.05, 4.69) is 27.5 Å². The van der Waals surface area contributed by atoms with Crippen molar-refractivity contribution >= 4 is 5.82 Å². The van der Waals surface area contributed by atoms with Gasteiger partial charge in [0.05, 0.1) is 18.5 Å². The average Bonchev–Trinajstić information content (AvgIpc) is 2.24. The molecule has 0 aromatic carbocycles. The Labute approximate surface area is 96.6 Å². The van der Waals surface area contributed by atoms with Crippen LogP contribution in [0.1, 0.15) is 20.8 Å². The molecule has 1 aromatic heterocycles. The fourth-order valence-corrected chi connectivity index (χ4v) is 1.19. The molecule has 5 heteroatoms. The van der Waals surface area contributed by atoms with Gasteiger partial charge in [0.2, 0.25) is 5.88 Å². The molecule has 1 heterocycles. The van der Waals surface area contributed by atoms with Crippen LogP contribution in [-0.2, 0) is 0 Å². The number of hydrogen-bond acceptors (Lipinski definition) is 5. The summed E-state index contributed by atoms with van der Waals surface area (Å²) in [6, 6.07) is 0. The molecule has 90 valence electrons. The molecule has 0 saturated heterocycles. The minimum Gasteiger partial charge on any atom is -0.474 e. The van der Waals surface area contributed by atoms with E-state index in [0.717, 1.165) is 25.5 Å². The van der Waals surface area contributed by atoms with E-state index in [4.69, 9.17) is 4.74 Å². The van der Waals surface area contributed by atoms with Crippen LogP contribution in [0.4, 0.5) is 5.82 Å². The molecule has 0 radical (unpaired) electrons. The van der Waals surface area contributed by atoms with Gasteiger partial charge in [-0.05, 0) is 20.4 Å². The summed E-state index contributed by atoms with van der Waals surface area (Å²) in [5.41, 5.74) is 0. The predicted molar refractivity (Wildman–Crippen MR) is 64.8 cm³/mol. The smallest absolute Gasteiger partial charge is 0.234 e. The van der Waals surface area contributed by atoms with E-state index in [9.17, 15) is 0 Å². The molecule has 0 saturated carbocycles. The molecule has 0 fully saturated rings. The third-order valence-corrected chi connectivity index (χ3v) is 1.83. The van der Waals surface area contributed by atoms with E-state index in [1.54, 1.807) is 12.4 Å². The molecule has 16 heavy (non-hydrogen) atoms. The summed E-state index contributed by atoms with van der Waals surface area (Å²) < 4.78 is 5.45. The molecule has 0 aliphatic heterocycles. The number of anilines is 1. The van der Waals surface area contributed by atoms with Crippen molar-refractivity contribution < 1.29 is 4.74 Å². The third-order valence-electron chi connectivity index (χ3n) is 1.83. The minimum atomic E-state index is 0.117. The van der Waals surface area contributed by atoms with E-state index in [1.165, 1.54) is 0 Å². The molecule has 1 rings (SSSR count). The normalized spacial score (nSPS) is 10.5. The molecule has 1 aromatic rings. The maximum Gasteiger partial charge on any atom is 0.234 e. The van der Waals surface area contributed by atoms with E-state index >= 15 is 0 Å². The maximum atomic E-state index is 5.45. The third kappa shape index (κ3) is 4.93. The van der Waals surface area contributed by atoms with Gasteiger partial charge in [0.25, 0.3) is 0 Å². The van der Waals surface area contributed by atoms with Crippen molar-refractivity contribution in [3.05, 3.63) is 12.4 Å². The second kappa shape index (κ2) is 7.00. The van der Waals surface area contributed by atoms with Crippen LogP contribution in [0.15, 0.2) is 12.4 Å². The van der Waals surface area contributed by atoms with Crippen LogP contribution in [-0.4, -0.2) is 35.7 Å². The highest BCUT2D eigenvalue weighted by atomic mass is 16.5. The highest BCUT2D eigenvalue weighted by molar-refractivity contribution is 5.33. The van der Waals surface area contributed by atoms with Gasteiger partial charge in [-0.25, -0.2) is 0 Å². The van der Waals surface area contributed by atoms with Crippen molar-refractivity contribution in [3.8, 4) is 5.88 Å². The van der Waals surface area contributed by atoms with Crippen LogP contribution < -0.4 is 15.4 Å². The Morgan fingerprint density at radius 1 is 1.31 bits per heavy atom. The molecule has 0 unspecified atom stereocenters. The quantitative estimate of drug-likeness (QED) is 0.683. The van der Waals surface area contributed by atoms with E-state index < -0.39 is 0 Å². The minimum absolute atomic E-state index is 0.117. The fourth-order valence-electron chi connectivity index (χ4n) is 1.19. The van der Waals surface area contributed by atoms with Crippen LogP contribution in [0.25, 0.3) is 0 Å². The zero-order valence-electron chi connectivity index (χ0n) is 10.2. The van der Waals surface area contributed by atoms with Gasteiger partial charge < -0.3 is 15.4 Å². The molecule has 0 atom stereocenters. The lowest BCUT2D eigenvalue weighted by molar-refractivity contribution is 0.232. The topological polar surface area (TPSA) is 59.1 Å². The van der Waals surface area contributed by atoms with E-state index in [-0.39, 0.29) is 6.10 Å². The number of nitrogens with one attached hydrogen (secondary N) is 2. The number of ether oxygens (including phenoxy) is 1. The number of nitrogens with zero attached hydrogens (tertiary/aromatic N) is 2. The second-order valence-electron chi connectivity index (χ2n) is 3.69. The first kappa shape index (κ1) is 12.7. The lowest BCUT2D eigenvalue weighted by Gasteiger charge is -2.10. The number of likely N-dealkylation sites (N-methyl/N-ethyl adjacent to an activating group) is 1. The molecule has 0 spiro atoms. The monoisotopic (exact) mass is 224 g/mol. The number of aromatic nitrogens is 2. The number of hydrogen-bond donors (Lipinski definition) is 2. The Balaban J connectivity index is 2.41. The number of rotatable bonds is 7. The predicted octanol–water partition coefficient (Wildman–Crippen LogP) is 1.29.